The van der Waals surface area contributed by atoms with Crippen molar-refractivity contribution in [3.05, 3.63) is 21.8 Å². The number of carbonyl (C=O) groups is 1. The van der Waals surface area contributed by atoms with Gasteiger partial charge in [0.15, 0.2) is 0 Å². The number of anilines is 1. The van der Waals surface area contributed by atoms with Crippen molar-refractivity contribution in [1.82, 2.24) is 0 Å². The molecule has 0 saturated heterocycles. The van der Waals surface area contributed by atoms with Gasteiger partial charge in [0, 0.05) is 3.57 Å². The van der Waals surface area contributed by atoms with Crippen molar-refractivity contribution in [2.75, 3.05) is 11.9 Å². The Hall–Kier alpha value is -0.980. The molecule has 0 spiro atoms. The molecule has 0 aromatic heterocycles. The predicted octanol–water partition coefficient (Wildman–Crippen LogP) is 4.04. The van der Waals surface area contributed by atoms with Crippen LogP contribution in [0.5, 0.6) is 5.75 Å². The lowest BCUT2D eigenvalue weighted by Crippen LogP contribution is -2.27. The SMILES string of the molecule is CCOc1ccc(NC(=O)OC(C)(C)C)c(I)c1. The fourth-order valence-electron chi connectivity index (χ4n) is 1.27. The van der Waals surface area contributed by atoms with Gasteiger partial charge in [-0.1, -0.05) is 0 Å². The van der Waals surface area contributed by atoms with Gasteiger partial charge in [-0.2, -0.15) is 0 Å². The van der Waals surface area contributed by atoms with Gasteiger partial charge < -0.3 is 9.47 Å². The summed E-state index contributed by atoms with van der Waals surface area (Å²) in [5.74, 6) is 0.789. The van der Waals surface area contributed by atoms with Crippen LogP contribution in [0.25, 0.3) is 0 Å². The van der Waals surface area contributed by atoms with Gasteiger partial charge in [0.05, 0.1) is 12.3 Å². The zero-order valence-corrected chi connectivity index (χ0v) is 13.2. The molecular weight excluding hydrogens is 345 g/mol. The molecule has 1 N–H and O–H groups in total. The van der Waals surface area contributed by atoms with Crippen LogP contribution in [0.1, 0.15) is 27.7 Å². The first-order valence-corrected chi connectivity index (χ1v) is 6.82. The molecule has 0 radical (unpaired) electrons. The third-order valence-corrected chi connectivity index (χ3v) is 2.78. The van der Waals surface area contributed by atoms with Gasteiger partial charge >= 0.3 is 6.09 Å². The third kappa shape index (κ3) is 5.12. The Balaban J connectivity index is 2.71. The molecule has 1 aromatic carbocycles. The Morgan fingerprint density at radius 3 is 2.56 bits per heavy atom. The fourth-order valence-corrected chi connectivity index (χ4v) is 1.89. The van der Waals surface area contributed by atoms with Gasteiger partial charge in [0.25, 0.3) is 0 Å². The van der Waals surface area contributed by atoms with E-state index < -0.39 is 11.7 Å². The number of hydrogen-bond donors (Lipinski definition) is 1. The number of nitrogens with one attached hydrogen (secondary N) is 1. The summed E-state index contributed by atoms with van der Waals surface area (Å²) < 4.78 is 11.5. The number of benzene rings is 1. The largest absolute Gasteiger partial charge is 0.494 e. The lowest BCUT2D eigenvalue weighted by atomic mass is 10.2. The maximum Gasteiger partial charge on any atom is 0.412 e. The summed E-state index contributed by atoms with van der Waals surface area (Å²) in [7, 11) is 0. The van der Waals surface area contributed by atoms with Crippen molar-refractivity contribution in [1.29, 1.82) is 0 Å². The minimum atomic E-state index is -0.499. The van der Waals surface area contributed by atoms with E-state index >= 15 is 0 Å². The van der Waals surface area contributed by atoms with Crippen LogP contribution in [0.15, 0.2) is 18.2 Å². The molecule has 0 saturated carbocycles. The van der Waals surface area contributed by atoms with Gasteiger partial charge in [0.1, 0.15) is 11.4 Å². The van der Waals surface area contributed by atoms with E-state index in [2.05, 4.69) is 27.9 Å². The smallest absolute Gasteiger partial charge is 0.412 e. The molecule has 18 heavy (non-hydrogen) atoms. The number of carbonyl (C=O) groups excluding carboxylic acids is 1. The predicted molar refractivity (Wildman–Crippen MR) is 80.2 cm³/mol. The van der Waals surface area contributed by atoms with E-state index in [1.807, 2.05) is 39.8 Å². The van der Waals surface area contributed by atoms with Gasteiger partial charge in [-0.05, 0) is 68.5 Å². The summed E-state index contributed by atoms with van der Waals surface area (Å²) in [4.78, 5) is 11.6. The number of hydrogen-bond acceptors (Lipinski definition) is 3. The van der Waals surface area contributed by atoms with E-state index in [1.54, 1.807) is 6.07 Å². The summed E-state index contributed by atoms with van der Waals surface area (Å²) in [5, 5.41) is 2.71. The summed E-state index contributed by atoms with van der Waals surface area (Å²) in [6, 6.07) is 5.49. The molecular formula is C13H18INO3. The first-order valence-electron chi connectivity index (χ1n) is 5.74. The molecule has 0 aliphatic heterocycles. The summed E-state index contributed by atoms with van der Waals surface area (Å²) in [5.41, 5.74) is 0.217. The van der Waals surface area contributed by atoms with Crippen molar-refractivity contribution >= 4 is 34.4 Å². The zero-order chi connectivity index (χ0) is 13.8. The summed E-state index contributed by atoms with van der Waals surface area (Å²) >= 11 is 2.15. The average Bonchev–Trinajstić information content (AvgIpc) is 2.20. The van der Waals surface area contributed by atoms with E-state index in [9.17, 15) is 4.79 Å². The Morgan fingerprint density at radius 1 is 1.39 bits per heavy atom. The second kappa shape index (κ2) is 6.26. The van der Waals surface area contributed by atoms with E-state index in [4.69, 9.17) is 9.47 Å². The van der Waals surface area contributed by atoms with Gasteiger partial charge in [-0.3, -0.25) is 5.32 Å². The van der Waals surface area contributed by atoms with E-state index in [-0.39, 0.29) is 0 Å². The Labute approximate surface area is 121 Å². The number of rotatable bonds is 3. The highest BCUT2D eigenvalue weighted by Gasteiger charge is 2.16. The normalized spacial score (nSPS) is 10.9. The highest BCUT2D eigenvalue weighted by Crippen LogP contribution is 2.24. The van der Waals surface area contributed by atoms with Crippen LogP contribution in [0.4, 0.5) is 10.5 Å². The van der Waals surface area contributed by atoms with Crippen LogP contribution in [-0.2, 0) is 4.74 Å². The monoisotopic (exact) mass is 363 g/mol. The molecule has 0 aliphatic rings. The molecule has 4 nitrogen and oxygen atoms in total. The lowest BCUT2D eigenvalue weighted by molar-refractivity contribution is 0.0636. The second-order valence-corrected chi connectivity index (χ2v) is 5.86. The summed E-state index contributed by atoms with van der Waals surface area (Å²) in [6.07, 6.45) is -0.454. The van der Waals surface area contributed by atoms with Gasteiger partial charge in [-0.25, -0.2) is 4.79 Å². The van der Waals surface area contributed by atoms with Crippen LogP contribution in [0.3, 0.4) is 0 Å². The average molecular weight is 363 g/mol. The fraction of sp³-hybridized carbons (Fsp3) is 0.462. The number of amides is 1. The zero-order valence-electron chi connectivity index (χ0n) is 11.0. The van der Waals surface area contributed by atoms with Crippen molar-refractivity contribution < 1.29 is 14.3 Å². The van der Waals surface area contributed by atoms with Gasteiger partial charge in [0.2, 0.25) is 0 Å². The second-order valence-electron chi connectivity index (χ2n) is 4.70. The molecule has 0 bridgehead atoms. The number of halogens is 1. The van der Waals surface area contributed by atoms with E-state index in [0.717, 1.165) is 9.32 Å². The molecule has 0 unspecified atom stereocenters. The van der Waals surface area contributed by atoms with Crippen molar-refractivity contribution in [2.45, 2.75) is 33.3 Å². The molecule has 0 atom stereocenters. The number of ether oxygens (including phenoxy) is 2. The van der Waals surface area contributed by atoms with E-state index in [0.29, 0.717) is 12.3 Å². The Kier molecular flexibility index (Phi) is 5.25. The highest BCUT2D eigenvalue weighted by molar-refractivity contribution is 14.1. The topological polar surface area (TPSA) is 47.6 Å². The molecule has 0 aliphatic carbocycles. The Morgan fingerprint density at radius 2 is 2.06 bits per heavy atom. The Bertz CT molecular complexity index is 427. The summed E-state index contributed by atoms with van der Waals surface area (Å²) in [6.45, 7) is 8.04. The maximum absolute atomic E-state index is 11.6. The quantitative estimate of drug-likeness (QED) is 0.825. The standard InChI is InChI=1S/C13H18INO3/c1-5-17-9-6-7-11(10(14)8-9)15-12(16)18-13(2,3)4/h6-8H,5H2,1-4H3,(H,15,16). The van der Waals surface area contributed by atoms with Crippen LogP contribution in [0.2, 0.25) is 0 Å². The van der Waals surface area contributed by atoms with Crippen molar-refractivity contribution in [3.63, 3.8) is 0 Å². The van der Waals surface area contributed by atoms with Crippen LogP contribution in [0, 0.1) is 3.57 Å². The molecule has 1 rings (SSSR count). The maximum atomic E-state index is 11.6. The molecule has 1 aromatic rings. The third-order valence-electron chi connectivity index (χ3n) is 1.89. The van der Waals surface area contributed by atoms with Crippen LogP contribution < -0.4 is 10.1 Å². The first-order chi connectivity index (χ1) is 8.31. The van der Waals surface area contributed by atoms with Crippen LogP contribution >= 0.6 is 22.6 Å². The molecule has 100 valence electrons. The van der Waals surface area contributed by atoms with Crippen molar-refractivity contribution in [3.8, 4) is 5.75 Å². The molecule has 1 amide bonds. The molecule has 0 fully saturated rings. The van der Waals surface area contributed by atoms with E-state index in [1.165, 1.54) is 0 Å². The minimum Gasteiger partial charge on any atom is -0.494 e. The highest BCUT2D eigenvalue weighted by atomic mass is 127. The lowest BCUT2D eigenvalue weighted by Gasteiger charge is -2.20. The van der Waals surface area contributed by atoms with Crippen molar-refractivity contribution in [2.24, 2.45) is 0 Å². The molecule has 0 heterocycles. The molecule has 5 heteroatoms. The first kappa shape index (κ1) is 15.1. The minimum absolute atomic E-state index is 0.454. The van der Waals surface area contributed by atoms with Crippen LogP contribution in [-0.4, -0.2) is 18.3 Å². The van der Waals surface area contributed by atoms with Gasteiger partial charge in [-0.15, -0.1) is 0 Å².